The van der Waals surface area contributed by atoms with Crippen LogP contribution in [-0.2, 0) is 13.5 Å². The molecule has 3 rings (SSSR count). The summed E-state index contributed by atoms with van der Waals surface area (Å²) >= 11 is 1.62. The number of imidazole rings is 1. The van der Waals surface area contributed by atoms with Crippen LogP contribution in [0.1, 0.15) is 46.3 Å². The first-order valence-corrected chi connectivity index (χ1v) is 9.52. The number of aryl methyl sites for hydroxylation is 3. The van der Waals surface area contributed by atoms with E-state index in [9.17, 15) is 4.79 Å². The molecule has 0 spiro atoms. The largest absolute Gasteiger partial charge is 0.348 e. The molecule has 1 aliphatic heterocycles. The lowest BCUT2D eigenvalue weighted by Crippen LogP contribution is -2.45. The molecular weight excluding hydrogens is 320 g/mol. The summed E-state index contributed by atoms with van der Waals surface area (Å²) in [7, 11) is 2.02. The fourth-order valence-corrected chi connectivity index (χ4v) is 4.27. The normalized spacial score (nSPS) is 15.7. The number of carbonyl (C=O) groups excluding carboxylic acids is 1. The molecule has 6 heteroatoms. The van der Waals surface area contributed by atoms with Crippen molar-refractivity contribution in [3.63, 3.8) is 0 Å². The van der Waals surface area contributed by atoms with E-state index in [-0.39, 0.29) is 11.9 Å². The number of carbonyl (C=O) groups is 1. The smallest absolute Gasteiger partial charge is 0.261 e. The number of nitrogens with one attached hydrogen (secondary N) is 1. The highest BCUT2D eigenvalue weighted by Gasteiger charge is 2.23. The third-order valence-corrected chi connectivity index (χ3v) is 5.76. The number of anilines is 1. The molecule has 0 atom stereocenters. The lowest BCUT2D eigenvalue weighted by atomic mass is 10.1. The highest BCUT2D eigenvalue weighted by molar-refractivity contribution is 7.14. The Kier molecular flexibility index (Phi) is 5.23. The second-order valence-corrected chi connectivity index (χ2v) is 7.77. The van der Waals surface area contributed by atoms with E-state index in [4.69, 9.17) is 0 Å². The SMILES string of the molecule is CCCc1cc(C(=O)NC2CCN(c3nccn3C)CC2)sc1C. The van der Waals surface area contributed by atoms with E-state index in [0.29, 0.717) is 0 Å². The standard InChI is InChI=1S/C18H26N4OS/c1-4-5-14-12-16(24-13(14)2)17(23)20-15-6-9-22(10-7-15)18-19-8-11-21(18)3/h8,11-12,15H,4-7,9-10H2,1-3H3,(H,20,23). The zero-order chi connectivity index (χ0) is 17.1. The first kappa shape index (κ1) is 17.0. The number of nitrogens with zero attached hydrogens (tertiary/aromatic N) is 3. The van der Waals surface area contributed by atoms with Crippen molar-refractivity contribution in [2.45, 2.75) is 45.6 Å². The molecule has 130 valence electrons. The van der Waals surface area contributed by atoms with Crippen molar-refractivity contribution in [1.29, 1.82) is 0 Å². The second kappa shape index (κ2) is 7.38. The molecule has 2 aromatic heterocycles. The summed E-state index contributed by atoms with van der Waals surface area (Å²) in [6, 6.07) is 2.33. The molecule has 0 saturated carbocycles. The lowest BCUT2D eigenvalue weighted by molar-refractivity contribution is 0.0935. The van der Waals surface area contributed by atoms with E-state index in [1.807, 2.05) is 24.0 Å². The van der Waals surface area contributed by atoms with Crippen LogP contribution < -0.4 is 10.2 Å². The van der Waals surface area contributed by atoms with Crippen molar-refractivity contribution < 1.29 is 4.79 Å². The molecule has 0 aliphatic carbocycles. The van der Waals surface area contributed by atoms with Gasteiger partial charge in [-0.1, -0.05) is 13.3 Å². The first-order chi connectivity index (χ1) is 11.6. The van der Waals surface area contributed by atoms with Crippen LogP contribution in [0.25, 0.3) is 0 Å². The topological polar surface area (TPSA) is 50.2 Å². The zero-order valence-corrected chi connectivity index (χ0v) is 15.5. The molecule has 3 heterocycles. The highest BCUT2D eigenvalue weighted by Crippen LogP contribution is 2.24. The van der Waals surface area contributed by atoms with Gasteiger partial charge < -0.3 is 14.8 Å². The Balaban J connectivity index is 1.55. The van der Waals surface area contributed by atoms with Gasteiger partial charge in [0.1, 0.15) is 0 Å². The van der Waals surface area contributed by atoms with Crippen molar-refractivity contribution in [1.82, 2.24) is 14.9 Å². The predicted molar refractivity (Wildman–Crippen MR) is 99.0 cm³/mol. The number of rotatable bonds is 5. The van der Waals surface area contributed by atoms with E-state index in [1.165, 1.54) is 10.4 Å². The Morgan fingerprint density at radius 1 is 1.42 bits per heavy atom. The van der Waals surface area contributed by atoms with Gasteiger partial charge in [0.15, 0.2) is 0 Å². The fourth-order valence-electron chi connectivity index (χ4n) is 3.29. The predicted octanol–water partition coefficient (Wildman–Crippen LogP) is 3.14. The van der Waals surface area contributed by atoms with Gasteiger partial charge in [-0.15, -0.1) is 11.3 Å². The van der Waals surface area contributed by atoms with Gasteiger partial charge in [0.25, 0.3) is 5.91 Å². The molecular formula is C18H26N4OS. The van der Waals surface area contributed by atoms with Gasteiger partial charge in [0.2, 0.25) is 5.95 Å². The molecule has 1 N–H and O–H groups in total. The van der Waals surface area contributed by atoms with Crippen molar-refractivity contribution in [2.24, 2.45) is 7.05 Å². The molecule has 0 bridgehead atoms. The Bertz CT molecular complexity index is 698. The van der Waals surface area contributed by atoms with Crippen molar-refractivity contribution in [3.05, 3.63) is 33.8 Å². The number of aromatic nitrogens is 2. The van der Waals surface area contributed by atoms with Crippen LogP contribution in [0, 0.1) is 6.92 Å². The van der Waals surface area contributed by atoms with E-state index < -0.39 is 0 Å². The number of amides is 1. The first-order valence-electron chi connectivity index (χ1n) is 8.71. The van der Waals surface area contributed by atoms with Crippen molar-refractivity contribution in [2.75, 3.05) is 18.0 Å². The quantitative estimate of drug-likeness (QED) is 0.905. The van der Waals surface area contributed by atoms with E-state index in [2.05, 4.69) is 35.1 Å². The van der Waals surface area contributed by atoms with Gasteiger partial charge in [-0.05, 0) is 37.8 Å². The molecule has 0 aromatic carbocycles. The summed E-state index contributed by atoms with van der Waals surface area (Å²) in [4.78, 5) is 21.3. The summed E-state index contributed by atoms with van der Waals surface area (Å²) in [6.07, 6.45) is 7.89. The number of hydrogen-bond acceptors (Lipinski definition) is 4. The Labute approximate surface area is 147 Å². The third-order valence-electron chi connectivity index (χ3n) is 4.67. The summed E-state index contributed by atoms with van der Waals surface area (Å²) in [5.74, 6) is 1.10. The van der Waals surface area contributed by atoms with Crippen LogP contribution in [0.3, 0.4) is 0 Å². The molecule has 0 radical (unpaired) electrons. The van der Waals surface area contributed by atoms with Crippen LogP contribution in [0.5, 0.6) is 0 Å². The minimum atomic E-state index is 0.0842. The van der Waals surface area contributed by atoms with E-state index >= 15 is 0 Å². The monoisotopic (exact) mass is 346 g/mol. The summed E-state index contributed by atoms with van der Waals surface area (Å²) in [5.41, 5.74) is 1.32. The van der Waals surface area contributed by atoms with Crippen LogP contribution in [0.4, 0.5) is 5.95 Å². The lowest BCUT2D eigenvalue weighted by Gasteiger charge is -2.32. The van der Waals surface area contributed by atoms with Gasteiger partial charge in [-0.2, -0.15) is 0 Å². The summed E-state index contributed by atoms with van der Waals surface area (Å²) in [6.45, 7) is 6.14. The average Bonchev–Trinajstić information content (AvgIpc) is 3.15. The van der Waals surface area contributed by atoms with E-state index in [1.54, 1.807) is 11.3 Å². The molecule has 1 aliphatic rings. The maximum Gasteiger partial charge on any atom is 0.261 e. The number of piperidine rings is 1. The highest BCUT2D eigenvalue weighted by atomic mass is 32.1. The Morgan fingerprint density at radius 2 is 2.17 bits per heavy atom. The Morgan fingerprint density at radius 3 is 2.79 bits per heavy atom. The maximum atomic E-state index is 12.5. The van der Waals surface area contributed by atoms with E-state index in [0.717, 1.165) is 49.6 Å². The third kappa shape index (κ3) is 3.64. The minimum Gasteiger partial charge on any atom is -0.348 e. The maximum absolute atomic E-state index is 12.5. The van der Waals surface area contributed by atoms with Gasteiger partial charge >= 0.3 is 0 Å². The molecule has 1 saturated heterocycles. The number of thiophene rings is 1. The average molecular weight is 347 g/mol. The van der Waals surface area contributed by atoms with Crippen LogP contribution in [0.15, 0.2) is 18.5 Å². The van der Waals surface area contributed by atoms with Gasteiger partial charge in [-0.25, -0.2) is 4.98 Å². The molecule has 1 amide bonds. The van der Waals surface area contributed by atoms with Crippen molar-refractivity contribution >= 4 is 23.2 Å². The van der Waals surface area contributed by atoms with Gasteiger partial charge in [-0.3, -0.25) is 4.79 Å². The van der Waals surface area contributed by atoms with Crippen LogP contribution in [-0.4, -0.2) is 34.6 Å². The molecule has 0 unspecified atom stereocenters. The molecule has 24 heavy (non-hydrogen) atoms. The summed E-state index contributed by atoms with van der Waals surface area (Å²) in [5, 5.41) is 3.22. The van der Waals surface area contributed by atoms with Crippen LogP contribution in [0.2, 0.25) is 0 Å². The molecule has 2 aromatic rings. The number of hydrogen-bond donors (Lipinski definition) is 1. The van der Waals surface area contributed by atoms with Crippen molar-refractivity contribution in [3.8, 4) is 0 Å². The zero-order valence-electron chi connectivity index (χ0n) is 14.7. The summed E-state index contributed by atoms with van der Waals surface area (Å²) < 4.78 is 2.04. The Hall–Kier alpha value is -1.82. The fraction of sp³-hybridized carbons (Fsp3) is 0.556. The minimum absolute atomic E-state index is 0.0842. The van der Waals surface area contributed by atoms with Gasteiger partial charge in [0, 0.05) is 43.4 Å². The van der Waals surface area contributed by atoms with Crippen LogP contribution >= 0.6 is 11.3 Å². The molecule has 5 nitrogen and oxygen atoms in total. The second-order valence-electron chi connectivity index (χ2n) is 6.52. The van der Waals surface area contributed by atoms with Gasteiger partial charge in [0.05, 0.1) is 4.88 Å². The molecule has 1 fully saturated rings.